The molecule has 1 heterocycles. The highest BCUT2D eigenvalue weighted by Gasteiger charge is 2.02. The van der Waals surface area contributed by atoms with Gasteiger partial charge in [-0.15, -0.1) is 0 Å². The largest absolute Gasteiger partial charge is 0.295 e. The zero-order valence-corrected chi connectivity index (χ0v) is 16.0. The molecule has 3 nitrogen and oxygen atoms in total. The molecule has 0 spiro atoms. The molecule has 0 atom stereocenters. The number of benzene rings is 1. The van der Waals surface area contributed by atoms with E-state index in [4.69, 9.17) is 0 Å². The highest BCUT2D eigenvalue weighted by molar-refractivity contribution is 5.34. The number of hydrogen-bond acceptors (Lipinski definition) is 1. The fourth-order valence-electron chi connectivity index (χ4n) is 3.33. The second kappa shape index (κ2) is 11.0. The summed E-state index contributed by atoms with van der Waals surface area (Å²) in [7, 11) is 0. The summed E-state index contributed by atoms with van der Waals surface area (Å²) in [6.07, 6.45) is 14.9. The van der Waals surface area contributed by atoms with E-state index in [-0.39, 0.29) is 5.56 Å². The van der Waals surface area contributed by atoms with E-state index in [0.29, 0.717) is 0 Å². The highest BCUT2D eigenvalue weighted by atomic mass is 16.1. The van der Waals surface area contributed by atoms with Crippen molar-refractivity contribution < 1.29 is 0 Å². The summed E-state index contributed by atoms with van der Waals surface area (Å²) in [5.74, 6) is 0. The number of unbranched alkanes of at least 4 members (excludes halogenated alkanes) is 9. The molecule has 2 rings (SSSR count). The Hall–Kier alpha value is -1.77. The summed E-state index contributed by atoms with van der Waals surface area (Å²) in [6.45, 7) is 4.17. The van der Waals surface area contributed by atoms with Crippen molar-refractivity contribution in [1.29, 1.82) is 0 Å². The molecule has 25 heavy (non-hydrogen) atoms. The first kappa shape index (κ1) is 19.6. The van der Waals surface area contributed by atoms with Crippen molar-refractivity contribution in [2.45, 2.75) is 84.5 Å². The topological polar surface area (TPSA) is 37.8 Å². The lowest BCUT2D eigenvalue weighted by atomic mass is 10.0. The van der Waals surface area contributed by atoms with Gasteiger partial charge in [0.2, 0.25) is 0 Å². The maximum absolute atomic E-state index is 11.8. The van der Waals surface area contributed by atoms with Crippen LogP contribution in [0.3, 0.4) is 0 Å². The van der Waals surface area contributed by atoms with E-state index in [0.717, 1.165) is 17.8 Å². The number of nitrogens with zero attached hydrogens (tertiary/aromatic N) is 1. The molecule has 0 radical (unpaired) electrons. The summed E-state index contributed by atoms with van der Waals surface area (Å²) in [4.78, 5) is 11.8. The molecular weight excluding hydrogens is 308 g/mol. The number of rotatable bonds is 12. The molecule has 0 unspecified atom stereocenters. The van der Waals surface area contributed by atoms with E-state index < -0.39 is 0 Å². The highest BCUT2D eigenvalue weighted by Crippen LogP contribution is 2.14. The van der Waals surface area contributed by atoms with Crippen molar-refractivity contribution in [2.75, 3.05) is 0 Å². The van der Waals surface area contributed by atoms with Gasteiger partial charge in [-0.1, -0.05) is 76.8 Å². The standard InChI is InChI=1S/C22H34N2O/c1-3-4-5-6-7-8-9-10-11-12-13-20-14-16-21(17-15-20)24-22(25)18-19(2)23-24/h14-18,23H,3-13H2,1-2H3. The SMILES string of the molecule is CCCCCCCCCCCCc1ccc(-n2[nH]c(C)cc2=O)cc1. The van der Waals surface area contributed by atoms with Crippen molar-refractivity contribution in [3.63, 3.8) is 0 Å². The zero-order chi connectivity index (χ0) is 17.9. The molecule has 0 aliphatic rings. The third-order valence-corrected chi connectivity index (χ3v) is 4.86. The normalized spacial score (nSPS) is 11.1. The van der Waals surface area contributed by atoms with E-state index in [2.05, 4.69) is 24.2 Å². The van der Waals surface area contributed by atoms with Gasteiger partial charge >= 0.3 is 0 Å². The molecule has 0 amide bonds. The third-order valence-electron chi connectivity index (χ3n) is 4.86. The van der Waals surface area contributed by atoms with Gasteiger partial charge in [0.1, 0.15) is 0 Å². The Morgan fingerprint density at radius 2 is 1.40 bits per heavy atom. The first-order valence-corrected chi connectivity index (χ1v) is 10.1. The van der Waals surface area contributed by atoms with Gasteiger partial charge in [-0.25, -0.2) is 4.68 Å². The van der Waals surface area contributed by atoms with E-state index in [9.17, 15) is 4.79 Å². The molecule has 0 aliphatic heterocycles. The van der Waals surface area contributed by atoms with Crippen LogP contribution in [0.25, 0.3) is 5.69 Å². The number of aryl methyl sites for hydroxylation is 2. The number of H-pyrrole nitrogens is 1. The number of hydrogen-bond donors (Lipinski definition) is 1. The Kier molecular flexibility index (Phi) is 8.58. The van der Waals surface area contributed by atoms with Gasteiger partial charge in [0, 0.05) is 11.8 Å². The average molecular weight is 343 g/mol. The lowest BCUT2D eigenvalue weighted by molar-refractivity contribution is 0.556. The molecule has 0 saturated carbocycles. The Labute approximate surface area is 152 Å². The summed E-state index contributed by atoms with van der Waals surface area (Å²) < 4.78 is 1.60. The van der Waals surface area contributed by atoms with Gasteiger partial charge in [0.05, 0.1) is 5.69 Å². The van der Waals surface area contributed by atoms with E-state index in [1.807, 2.05) is 19.1 Å². The summed E-state index contributed by atoms with van der Waals surface area (Å²) in [6, 6.07) is 9.97. The molecule has 0 fully saturated rings. The maximum atomic E-state index is 11.8. The Morgan fingerprint density at radius 1 is 0.840 bits per heavy atom. The molecule has 1 aromatic carbocycles. The number of aromatic nitrogens is 2. The Morgan fingerprint density at radius 3 is 1.92 bits per heavy atom. The Balaban J connectivity index is 1.61. The molecule has 2 aromatic rings. The number of aromatic amines is 1. The minimum atomic E-state index is -0.0000518. The molecule has 1 aromatic heterocycles. The predicted molar refractivity (Wildman–Crippen MR) is 107 cm³/mol. The molecule has 0 bridgehead atoms. The molecule has 138 valence electrons. The van der Waals surface area contributed by atoms with E-state index in [1.54, 1.807) is 10.7 Å². The second-order valence-electron chi connectivity index (χ2n) is 7.21. The van der Waals surface area contributed by atoms with Crippen LogP contribution in [0.5, 0.6) is 0 Å². The van der Waals surface area contributed by atoms with Crippen LogP contribution in [-0.4, -0.2) is 9.78 Å². The van der Waals surface area contributed by atoms with Crippen LogP contribution in [-0.2, 0) is 6.42 Å². The molecule has 0 saturated heterocycles. The second-order valence-corrected chi connectivity index (χ2v) is 7.21. The summed E-state index contributed by atoms with van der Waals surface area (Å²) in [5, 5.41) is 3.07. The van der Waals surface area contributed by atoms with Crippen LogP contribution >= 0.6 is 0 Å². The van der Waals surface area contributed by atoms with Gasteiger partial charge in [-0.2, -0.15) is 0 Å². The van der Waals surface area contributed by atoms with Crippen LogP contribution in [0.1, 0.15) is 82.4 Å². The first-order valence-electron chi connectivity index (χ1n) is 10.1. The van der Waals surface area contributed by atoms with Gasteiger partial charge in [-0.05, 0) is 37.5 Å². The van der Waals surface area contributed by atoms with Gasteiger partial charge in [-0.3, -0.25) is 9.89 Å². The van der Waals surface area contributed by atoms with Crippen LogP contribution in [0.15, 0.2) is 35.1 Å². The molecule has 3 heteroatoms. The monoisotopic (exact) mass is 342 g/mol. The van der Waals surface area contributed by atoms with Crippen molar-refractivity contribution >= 4 is 0 Å². The third kappa shape index (κ3) is 6.93. The first-order chi connectivity index (χ1) is 12.2. The van der Waals surface area contributed by atoms with Crippen LogP contribution in [0, 0.1) is 6.92 Å². The zero-order valence-electron chi connectivity index (χ0n) is 16.0. The van der Waals surface area contributed by atoms with Crippen molar-refractivity contribution in [3.05, 3.63) is 51.9 Å². The molecule has 0 aliphatic carbocycles. The average Bonchev–Trinajstić information content (AvgIpc) is 2.95. The van der Waals surface area contributed by atoms with Crippen LogP contribution < -0.4 is 5.56 Å². The minimum absolute atomic E-state index is 0.0000518. The molecule has 1 N–H and O–H groups in total. The van der Waals surface area contributed by atoms with Crippen molar-refractivity contribution in [3.8, 4) is 5.69 Å². The van der Waals surface area contributed by atoms with E-state index >= 15 is 0 Å². The van der Waals surface area contributed by atoms with Gasteiger partial charge < -0.3 is 0 Å². The lowest BCUT2D eigenvalue weighted by Gasteiger charge is -2.05. The smallest absolute Gasteiger partial charge is 0.271 e. The van der Waals surface area contributed by atoms with Gasteiger partial charge in [0.15, 0.2) is 0 Å². The van der Waals surface area contributed by atoms with Crippen molar-refractivity contribution in [2.24, 2.45) is 0 Å². The summed E-state index contributed by atoms with van der Waals surface area (Å²) >= 11 is 0. The van der Waals surface area contributed by atoms with Crippen LogP contribution in [0.2, 0.25) is 0 Å². The van der Waals surface area contributed by atoms with E-state index in [1.165, 1.54) is 69.8 Å². The van der Waals surface area contributed by atoms with Crippen molar-refractivity contribution in [1.82, 2.24) is 9.78 Å². The lowest BCUT2D eigenvalue weighted by Crippen LogP contribution is -2.13. The fraction of sp³-hybridized carbons (Fsp3) is 0.591. The maximum Gasteiger partial charge on any atom is 0.271 e. The quantitative estimate of drug-likeness (QED) is 0.476. The number of nitrogens with one attached hydrogen (secondary N) is 1. The van der Waals surface area contributed by atoms with Gasteiger partial charge in [0.25, 0.3) is 5.56 Å². The van der Waals surface area contributed by atoms with Crippen LogP contribution in [0.4, 0.5) is 0 Å². The molecular formula is C22H34N2O. The predicted octanol–water partition coefficient (Wildman–Crippen LogP) is 5.94. The fourth-order valence-corrected chi connectivity index (χ4v) is 3.33. The summed E-state index contributed by atoms with van der Waals surface area (Å²) in [5.41, 5.74) is 3.16. The minimum Gasteiger partial charge on any atom is -0.295 e. The Bertz CT molecular complexity index is 651.